The van der Waals surface area contributed by atoms with E-state index in [0.717, 1.165) is 5.56 Å². The van der Waals surface area contributed by atoms with Crippen molar-refractivity contribution in [2.45, 2.75) is 19.4 Å². The first-order valence-electron chi connectivity index (χ1n) is 5.24. The molecule has 4 heteroatoms. The van der Waals surface area contributed by atoms with Crippen molar-refractivity contribution in [3.63, 3.8) is 0 Å². The fraction of sp³-hybridized carbons (Fsp3) is 0.231. The Labute approximate surface area is 104 Å². The molecule has 0 aliphatic carbocycles. The van der Waals surface area contributed by atoms with Crippen molar-refractivity contribution < 1.29 is 13.9 Å². The SMILES string of the molecule is Cc1ccoc1C(O)Cc1cccc(F)c1Cl. The second-order valence-corrected chi connectivity index (χ2v) is 4.28. The maximum Gasteiger partial charge on any atom is 0.142 e. The number of aliphatic hydroxyl groups excluding tert-OH is 1. The van der Waals surface area contributed by atoms with Crippen LogP contribution in [0.3, 0.4) is 0 Å². The third kappa shape index (κ3) is 2.51. The molecule has 1 aromatic heterocycles. The number of hydrogen-bond acceptors (Lipinski definition) is 2. The van der Waals surface area contributed by atoms with Crippen LogP contribution in [-0.4, -0.2) is 5.11 Å². The maximum atomic E-state index is 13.2. The van der Waals surface area contributed by atoms with Gasteiger partial charge in [0.1, 0.15) is 17.7 Å². The van der Waals surface area contributed by atoms with Crippen LogP contribution < -0.4 is 0 Å². The van der Waals surface area contributed by atoms with Crippen molar-refractivity contribution in [3.05, 3.63) is 58.3 Å². The summed E-state index contributed by atoms with van der Waals surface area (Å²) in [6.45, 7) is 1.84. The zero-order chi connectivity index (χ0) is 12.4. The van der Waals surface area contributed by atoms with Crippen LogP contribution in [0.4, 0.5) is 4.39 Å². The Kier molecular flexibility index (Phi) is 3.50. The molecule has 1 N–H and O–H groups in total. The molecule has 90 valence electrons. The Bertz CT molecular complexity index is 522. The molecule has 0 saturated heterocycles. The number of hydrogen-bond donors (Lipinski definition) is 1. The van der Waals surface area contributed by atoms with E-state index in [9.17, 15) is 9.50 Å². The van der Waals surface area contributed by atoms with E-state index in [4.69, 9.17) is 16.0 Å². The monoisotopic (exact) mass is 254 g/mol. The number of benzene rings is 1. The summed E-state index contributed by atoms with van der Waals surface area (Å²) >= 11 is 5.82. The van der Waals surface area contributed by atoms with E-state index in [0.29, 0.717) is 11.3 Å². The van der Waals surface area contributed by atoms with Gasteiger partial charge in [-0.3, -0.25) is 0 Å². The first-order chi connectivity index (χ1) is 8.09. The van der Waals surface area contributed by atoms with Crippen molar-refractivity contribution >= 4 is 11.6 Å². The Morgan fingerprint density at radius 2 is 2.18 bits per heavy atom. The highest BCUT2D eigenvalue weighted by molar-refractivity contribution is 6.31. The van der Waals surface area contributed by atoms with Gasteiger partial charge in [0.2, 0.25) is 0 Å². The average Bonchev–Trinajstić information content (AvgIpc) is 2.71. The quantitative estimate of drug-likeness (QED) is 0.907. The summed E-state index contributed by atoms with van der Waals surface area (Å²) in [5.74, 6) is 0.0119. The topological polar surface area (TPSA) is 33.4 Å². The Morgan fingerprint density at radius 3 is 2.82 bits per heavy atom. The van der Waals surface area contributed by atoms with Gasteiger partial charge in [-0.25, -0.2) is 4.39 Å². The summed E-state index contributed by atoms with van der Waals surface area (Å²) in [4.78, 5) is 0. The van der Waals surface area contributed by atoms with Crippen LogP contribution in [0.25, 0.3) is 0 Å². The minimum atomic E-state index is -0.815. The lowest BCUT2D eigenvalue weighted by atomic mass is 10.0. The van der Waals surface area contributed by atoms with Crippen LogP contribution in [0, 0.1) is 12.7 Å². The highest BCUT2D eigenvalue weighted by Gasteiger charge is 2.17. The molecule has 1 unspecified atom stereocenters. The zero-order valence-electron chi connectivity index (χ0n) is 9.28. The number of aliphatic hydroxyl groups is 1. The number of halogens is 2. The molecule has 0 saturated carbocycles. The highest BCUT2D eigenvalue weighted by atomic mass is 35.5. The van der Waals surface area contributed by atoms with Crippen LogP contribution in [0.15, 0.2) is 34.9 Å². The average molecular weight is 255 g/mol. The molecule has 0 bridgehead atoms. The molecule has 1 aromatic carbocycles. The molecule has 0 amide bonds. The van der Waals surface area contributed by atoms with Gasteiger partial charge < -0.3 is 9.52 Å². The lowest BCUT2D eigenvalue weighted by Crippen LogP contribution is -2.03. The van der Waals surface area contributed by atoms with E-state index in [-0.39, 0.29) is 11.4 Å². The van der Waals surface area contributed by atoms with Gasteiger partial charge in [0.05, 0.1) is 11.3 Å². The van der Waals surface area contributed by atoms with E-state index >= 15 is 0 Å². The van der Waals surface area contributed by atoms with Gasteiger partial charge in [-0.2, -0.15) is 0 Å². The van der Waals surface area contributed by atoms with Crippen molar-refractivity contribution in [2.75, 3.05) is 0 Å². The lowest BCUT2D eigenvalue weighted by Gasteiger charge is -2.10. The van der Waals surface area contributed by atoms with Gasteiger partial charge in [0.25, 0.3) is 0 Å². The van der Waals surface area contributed by atoms with Gasteiger partial charge in [-0.05, 0) is 30.2 Å². The fourth-order valence-electron chi connectivity index (χ4n) is 1.73. The summed E-state index contributed by atoms with van der Waals surface area (Å²) in [7, 11) is 0. The van der Waals surface area contributed by atoms with Gasteiger partial charge in [-0.15, -0.1) is 0 Å². The number of aryl methyl sites for hydroxylation is 1. The van der Waals surface area contributed by atoms with E-state index in [1.54, 1.807) is 18.2 Å². The summed E-state index contributed by atoms with van der Waals surface area (Å²) < 4.78 is 18.4. The second kappa shape index (κ2) is 4.90. The fourth-order valence-corrected chi connectivity index (χ4v) is 1.94. The van der Waals surface area contributed by atoms with Crippen molar-refractivity contribution in [3.8, 4) is 0 Å². The van der Waals surface area contributed by atoms with E-state index in [2.05, 4.69) is 0 Å². The Balaban J connectivity index is 2.22. The number of furan rings is 1. The maximum absolute atomic E-state index is 13.2. The third-order valence-electron chi connectivity index (χ3n) is 2.65. The van der Waals surface area contributed by atoms with Crippen LogP contribution in [0.5, 0.6) is 0 Å². The van der Waals surface area contributed by atoms with Gasteiger partial charge >= 0.3 is 0 Å². The number of rotatable bonds is 3. The second-order valence-electron chi connectivity index (χ2n) is 3.90. The molecule has 1 atom stereocenters. The standard InChI is InChI=1S/C13H12ClFO2/c1-8-5-6-17-13(8)11(16)7-9-3-2-4-10(15)12(9)14/h2-6,11,16H,7H2,1H3. The zero-order valence-corrected chi connectivity index (χ0v) is 10.0. The molecule has 0 radical (unpaired) electrons. The Morgan fingerprint density at radius 1 is 1.41 bits per heavy atom. The van der Waals surface area contributed by atoms with Crippen LogP contribution in [0.2, 0.25) is 5.02 Å². The Hall–Kier alpha value is -1.32. The van der Waals surface area contributed by atoms with Crippen LogP contribution in [0.1, 0.15) is 23.0 Å². The molecule has 0 spiro atoms. The molecule has 0 aliphatic rings. The largest absolute Gasteiger partial charge is 0.466 e. The molecule has 0 fully saturated rings. The molecule has 2 aromatic rings. The summed E-state index contributed by atoms with van der Waals surface area (Å²) in [5, 5.41) is 10.0. The first-order valence-corrected chi connectivity index (χ1v) is 5.62. The van der Waals surface area contributed by atoms with Crippen molar-refractivity contribution in [2.24, 2.45) is 0 Å². The van der Waals surface area contributed by atoms with Gasteiger partial charge in [0.15, 0.2) is 0 Å². The summed E-state index contributed by atoms with van der Waals surface area (Å²) in [6, 6.07) is 6.31. The van der Waals surface area contributed by atoms with Gasteiger partial charge in [-0.1, -0.05) is 23.7 Å². The smallest absolute Gasteiger partial charge is 0.142 e. The van der Waals surface area contributed by atoms with Crippen LogP contribution in [-0.2, 0) is 6.42 Å². The van der Waals surface area contributed by atoms with Crippen molar-refractivity contribution in [1.29, 1.82) is 0 Å². The summed E-state index contributed by atoms with van der Waals surface area (Å²) in [6.07, 6.45) is 0.927. The lowest BCUT2D eigenvalue weighted by molar-refractivity contribution is 0.149. The summed E-state index contributed by atoms with van der Waals surface area (Å²) in [5.41, 5.74) is 1.43. The van der Waals surface area contributed by atoms with E-state index < -0.39 is 11.9 Å². The molecule has 0 aliphatic heterocycles. The molecule has 17 heavy (non-hydrogen) atoms. The third-order valence-corrected chi connectivity index (χ3v) is 3.07. The molecule has 2 rings (SSSR count). The molecular formula is C13H12ClFO2. The molecule has 2 nitrogen and oxygen atoms in total. The predicted molar refractivity (Wildman–Crippen MR) is 63.5 cm³/mol. The van der Waals surface area contributed by atoms with E-state index in [1.807, 2.05) is 6.92 Å². The van der Waals surface area contributed by atoms with Gasteiger partial charge in [0, 0.05) is 6.42 Å². The molecular weight excluding hydrogens is 243 g/mol. The van der Waals surface area contributed by atoms with Crippen molar-refractivity contribution in [1.82, 2.24) is 0 Å². The van der Waals surface area contributed by atoms with E-state index in [1.165, 1.54) is 12.3 Å². The minimum Gasteiger partial charge on any atom is -0.466 e. The minimum absolute atomic E-state index is 0.0516. The highest BCUT2D eigenvalue weighted by Crippen LogP contribution is 2.27. The predicted octanol–water partition coefficient (Wildman–Crippen LogP) is 3.66. The first kappa shape index (κ1) is 12.1. The molecule has 1 heterocycles. The van der Waals surface area contributed by atoms with Crippen LogP contribution >= 0.6 is 11.6 Å². The normalized spacial score (nSPS) is 12.7.